The van der Waals surface area contributed by atoms with Crippen molar-refractivity contribution in [3.63, 3.8) is 0 Å². The van der Waals surface area contributed by atoms with Crippen LogP contribution in [-0.4, -0.2) is 42.2 Å². The molecular weight excluding hydrogens is 272 g/mol. The van der Waals surface area contributed by atoms with Gasteiger partial charge in [0.25, 0.3) is 0 Å². The number of phenolic OH excluding ortho intramolecular Hbond substituents is 1. The number of nitrogens with zero attached hydrogens (tertiary/aromatic N) is 1. The molecule has 0 saturated carbocycles. The lowest BCUT2D eigenvalue weighted by atomic mass is 10.0. The van der Waals surface area contributed by atoms with E-state index in [4.69, 9.17) is 0 Å². The molecule has 0 amide bonds. The summed E-state index contributed by atoms with van der Waals surface area (Å²) in [6.07, 6.45) is 6.37. The number of likely N-dealkylation sites (tertiary alicyclic amines) is 1. The highest BCUT2D eigenvalue weighted by molar-refractivity contribution is 5.25. The Morgan fingerprint density at radius 1 is 1.09 bits per heavy atom. The average molecular weight is 304 g/mol. The van der Waals surface area contributed by atoms with Crippen LogP contribution >= 0.6 is 0 Å². The van der Waals surface area contributed by atoms with Gasteiger partial charge in [-0.05, 0) is 75.9 Å². The summed E-state index contributed by atoms with van der Waals surface area (Å²) in [7, 11) is 0. The average Bonchev–Trinajstić information content (AvgIpc) is 2.53. The second-order valence-corrected chi connectivity index (χ2v) is 6.98. The summed E-state index contributed by atoms with van der Waals surface area (Å²) in [5.74, 6) is 1.07. The first kappa shape index (κ1) is 17.3. The number of piperidine rings is 1. The number of phenols is 1. The largest absolute Gasteiger partial charge is 0.508 e. The number of nitrogens with one attached hydrogen (secondary N) is 1. The molecule has 2 atom stereocenters. The summed E-state index contributed by atoms with van der Waals surface area (Å²) in [6, 6.07) is 8.11. The summed E-state index contributed by atoms with van der Waals surface area (Å²) >= 11 is 0. The lowest BCUT2D eigenvalue weighted by Crippen LogP contribution is -2.38. The third-order valence-corrected chi connectivity index (χ3v) is 4.64. The summed E-state index contributed by atoms with van der Waals surface area (Å²) < 4.78 is 0. The van der Waals surface area contributed by atoms with Crippen LogP contribution in [0.3, 0.4) is 0 Å². The molecule has 0 radical (unpaired) electrons. The maximum absolute atomic E-state index is 9.30. The second-order valence-electron chi connectivity index (χ2n) is 6.98. The quantitative estimate of drug-likeness (QED) is 0.772. The van der Waals surface area contributed by atoms with Crippen molar-refractivity contribution in [2.45, 2.75) is 52.0 Å². The number of aryl methyl sites for hydroxylation is 1. The van der Waals surface area contributed by atoms with Crippen molar-refractivity contribution in [3.8, 4) is 5.75 Å². The minimum absolute atomic E-state index is 0.349. The third-order valence-electron chi connectivity index (χ3n) is 4.64. The van der Waals surface area contributed by atoms with Crippen molar-refractivity contribution in [1.29, 1.82) is 0 Å². The van der Waals surface area contributed by atoms with E-state index in [-0.39, 0.29) is 0 Å². The number of aromatic hydroxyl groups is 1. The van der Waals surface area contributed by atoms with E-state index in [2.05, 4.69) is 24.1 Å². The predicted octanol–water partition coefficient (Wildman–Crippen LogP) is 3.42. The van der Waals surface area contributed by atoms with Crippen LogP contribution in [0.4, 0.5) is 0 Å². The van der Waals surface area contributed by atoms with Crippen molar-refractivity contribution in [2.24, 2.45) is 5.92 Å². The maximum atomic E-state index is 9.30. The normalized spacial score (nSPS) is 19.0. The Hall–Kier alpha value is -1.06. The third kappa shape index (κ3) is 6.37. The zero-order valence-corrected chi connectivity index (χ0v) is 14.2. The van der Waals surface area contributed by atoms with Crippen molar-refractivity contribution in [1.82, 2.24) is 10.2 Å². The molecule has 0 aromatic heterocycles. The smallest absolute Gasteiger partial charge is 0.115 e. The molecular formula is C19H32N2O. The summed E-state index contributed by atoms with van der Waals surface area (Å²) in [4.78, 5) is 2.62. The van der Waals surface area contributed by atoms with Crippen LogP contribution in [0.1, 0.15) is 45.1 Å². The van der Waals surface area contributed by atoms with Crippen molar-refractivity contribution in [2.75, 3.05) is 26.2 Å². The Morgan fingerprint density at radius 3 is 2.45 bits per heavy atom. The molecule has 3 nitrogen and oxygen atoms in total. The van der Waals surface area contributed by atoms with Gasteiger partial charge in [-0.2, -0.15) is 0 Å². The van der Waals surface area contributed by atoms with E-state index in [1.807, 2.05) is 12.1 Å². The van der Waals surface area contributed by atoms with Gasteiger partial charge in [0, 0.05) is 12.6 Å². The highest BCUT2D eigenvalue weighted by Gasteiger charge is 2.13. The lowest BCUT2D eigenvalue weighted by Gasteiger charge is -2.29. The molecule has 3 heteroatoms. The molecule has 0 aliphatic carbocycles. The van der Waals surface area contributed by atoms with Gasteiger partial charge in [0.2, 0.25) is 0 Å². The van der Waals surface area contributed by atoms with Gasteiger partial charge < -0.3 is 15.3 Å². The molecule has 1 aliphatic heterocycles. The Bertz CT molecular complexity index is 412. The number of hydrogen-bond donors (Lipinski definition) is 2. The van der Waals surface area contributed by atoms with Crippen LogP contribution < -0.4 is 5.32 Å². The lowest BCUT2D eigenvalue weighted by molar-refractivity contribution is 0.197. The number of hydrogen-bond acceptors (Lipinski definition) is 3. The van der Waals surface area contributed by atoms with E-state index in [1.54, 1.807) is 12.1 Å². The van der Waals surface area contributed by atoms with Gasteiger partial charge in [0.15, 0.2) is 0 Å². The molecule has 124 valence electrons. The first-order valence-electron chi connectivity index (χ1n) is 8.87. The predicted molar refractivity (Wildman–Crippen MR) is 93.3 cm³/mol. The standard InChI is InChI=1S/C19H32N2O/c1-16(15-21-12-4-3-5-13-21)14-20-17(2)6-7-18-8-10-19(22)11-9-18/h8-11,16-17,20,22H,3-7,12-15H2,1-2H3. The Balaban J connectivity index is 1.60. The van der Waals surface area contributed by atoms with E-state index in [0.717, 1.165) is 19.4 Å². The summed E-state index contributed by atoms with van der Waals surface area (Å²) in [5.41, 5.74) is 1.30. The highest BCUT2D eigenvalue weighted by atomic mass is 16.3. The van der Waals surface area contributed by atoms with Gasteiger partial charge in [-0.1, -0.05) is 25.5 Å². The molecule has 0 spiro atoms. The zero-order chi connectivity index (χ0) is 15.8. The summed E-state index contributed by atoms with van der Waals surface area (Å²) in [6.45, 7) is 9.55. The van der Waals surface area contributed by atoms with E-state index in [9.17, 15) is 5.11 Å². The Morgan fingerprint density at radius 2 is 1.77 bits per heavy atom. The van der Waals surface area contributed by atoms with Gasteiger partial charge in [0.1, 0.15) is 5.75 Å². The number of benzene rings is 1. The molecule has 1 aromatic rings. The second kappa shape index (κ2) is 9.16. The minimum atomic E-state index is 0.349. The van der Waals surface area contributed by atoms with E-state index in [1.165, 1.54) is 44.5 Å². The molecule has 1 fully saturated rings. The molecule has 1 aromatic carbocycles. The molecule has 1 saturated heterocycles. The van der Waals surface area contributed by atoms with E-state index < -0.39 is 0 Å². The van der Waals surface area contributed by atoms with Crippen molar-refractivity contribution >= 4 is 0 Å². The van der Waals surface area contributed by atoms with Crippen LogP contribution in [0.5, 0.6) is 5.75 Å². The fraction of sp³-hybridized carbons (Fsp3) is 0.684. The molecule has 1 heterocycles. The van der Waals surface area contributed by atoms with Crippen molar-refractivity contribution in [3.05, 3.63) is 29.8 Å². The minimum Gasteiger partial charge on any atom is -0.508 e. The molecule has 2 unspecified atom stereocenters. The highest BCUT2D eigenvalue weighted by Crippen LogP contribution is 2.13. The van der Waals surface area contributed by atoms with Gasteiger partial charge in [-0.15, -0.1) is 0 Å². The van der Waals surface area contributed by atoms with E-state index in [0.29, 0.717) is 17.7 Å². The van der Waals surface area contributed by atoms with Crippen LogP contribution in [0, 0.1) is 5.92 Å². The van der Waals surface area contributed by atoms with Crippen LogP contribution in [0.15, 0.2) is 24.3 Å². The SMILES string of the molecule is CC(CNC(C)CCc1ccc(O)cc1)CN1CCCCC1. The van der Waals surface area contributed by atoms with Gasteiger partial charge in [-0.3, -0.25) is 0 Å². The molecule has 0 bridgehead atoms. The first-order valence-corrected chi connectivity index (χ1v) is 8.87. The van der Waals surface area contributed by atoms with Crippen LogP contribution in [0.25, 0.3) is 0 Å². The van der Waals surface area contributed by atoms with Gasteiger partial charge in [0.05, 0.1) is 0 Å². The molecule has 2 rings (SSSR count). The van der Waals surface area contributed by atoms with Crippen LogP contribution in [-0.2, 0) is 6.42 Å². The Kier molecular flexibility index (Phi) is 7.20. The molecule has 22 heavy (non-hydrogen) atoms. The fourth-order valence-electron chi connectivity index (χ4n) is 3.20. The number of rotatable bonds is 8. The van der Waals surface area contributed by atoms with E-state index >= 15 is 0 Å². The molecule has 1 aliphatic rings. The Labute approximate surface area is 135 Å². The van der Waals surface area contributed by atoms with Crippen molar-refractivity contribution < 1.29 is 5.11 Å². The summed E-state index contributed by atoms with van der Waals surface area (Å²) in [5, 5.41) is 13.0. The zero-order valence-electron chi connectivity index (χ0n) is 14.2. The topological polar surface area (TPSA) is 35.5 Å². The van der Waals surface area contributed by atoms with Gasteiger partial charge >= 0.3 is 0 Å². The fourth-order valence-corrected chi connectivity index (χ4v) is 3.20. The first-order chi connectivity index (χ1) is 10.6. The molecule has 2 N–H and O–H groups in total. The van der Waals surface area contributed by atoms with Crippen LogP contribution in [0.2, 0.25) is 0 Å². The maximum Gasteiger partial charge on any atom is 0.115 e. The monoisotopic (exact) mass is 304 g/mol. The van der Waals surface area contributed by atoms with Gasteiger partial charge in [-0.25, -0.2) is 0 Å².